The molecule has 21 heavy (non-hydrogen) atoms. The molecular formula is C15H21N3O2S. The normalized spacial score (nSPS) is 23.7. The Hall–Kier alpha value is -1.24. The SMILES string of the molecule is CC1CCCC(CO)N1CCn1cnc2ccsc2c1=O. The molecule has 3 heterocycles. The molecule has 0 aromatic carbocycles. The van der Waals surface area contributed by atoms with Crippen LogP contribution in [0.25, 0.3) is 10.2 Å². The first kappa shape index (κ1) is 14.7. The van der Waals surface area contributed by atoms with E-state index in [0.717, 1.165) is 29.6 Å². The molecule has 2 aromatic heterocycles. The number of nitrogens with zero attached hydrogens (tertiary/aromatic N) is 3. The summed E-state index contributed by atoms with van der Waals surface area (Å²) < 4.78 is 2.41. The average Bonchev–Trinajstić information content (AvgIpc) is 2.97. The van der Waals surface area contributed by atoms with Crippen molar-refractivity contribution in [3.05, 3.63) is 28.1 Å². The van der Waals surface area contributed by atoms with Crippen molar-refractivity contribution in [2.75, 3.05) is 13.2 Å². The zero-order valence-corrected chi connectivity index (χ0v) is 13.1. The highest BCUT2D eigenvalue weighted by Gasteiger charge is 2.26. The molecular weight excluding hydrogens is 286 g/mol. The van der Waals surface area contributed by atoms with E-state index in [0.29, 0.717) is 12.6 Å². The molecule has 2 unspecified atom stereocenters. The Morgan fingerprint density at radius 1 is 1.43 bits per heavy atom. The first-order chi connectivity index (χ1) is 10.2. The van der Waals surface area contributed by atoms with E-state index in [1.807, 2.05) is 11.4 Å². The highest BCUT2D eigenvalue weighted by molar-refractivity contribution is 7.17. The minimum absolute atomic E-state index is 0.0419. The molecule has 1 N–H and O–H groups in total. The molecule has 1 aliphatic rings. The second-order valence-corrected chi connectivity index (χ2v) is 6.65. The molecule has 0 bridgehead atoms. The summed E-state index contributed by atoms with van der Waals surface area (Å²) in [4.78, 5) is 19.0. The second kappa shape index (κ2) is 6.25. The van der Waals surface area contributed by atoms with Crippen molar-refractivity contribution in [2.24, 2.45) is 0 Å². The van der Waals surface area contributed by atoms with Gasteiger partial charge in [0.2, 0.25) is 0 Å². The third-order valence-corrected chi connectivity index (χ3v) is 5.33. The number of likely N-dealkylation sites (tertiary alicyclic amines) is 1. The lowest BCUT2D eigenvalue weighted by Crippen LogP contribution is -2.48. The number of rotatable bonds is 4. The Kier molecular flexibility index (Phi) is 4.37. The number of aliphatic hydroxyl groups is 1. The number of hydrogen-bond acceptors (Lipinski definition) is 5. The quantitative estimate of drug-likeness (QED) is 0.934. The van der Waals surface area contributed by atoms with Gasteiger partial charge >= 0.3 is 0 Å². The van der Waals surface area contributed by atoms with Gasteiger partial charge in [-0.05, 0) is 31.2 Å². The Morgan fingerprint density at radius 2 is 2.29 bits per heavy atom. The van der Waals surface area contributed by atoms with E-state index in [1.54, 1.807) is 10.9 Å². The van der Waals surface area contributed by atoms with Crippen LogP contribution < -0.4 is 5.56 Å². The van der Waals surface area contributed by atoms with E-state index in [-0.39, 0.29) is 18.2 Å². The zero-order valence-electron chi connectivity index (χ0n) is 12.2. The van der Waals surface area contributed by atoms with Gasteiger partial charge in [0.1, 0.15) is 4.70 Å². The van der Waals surface area contributed by atoms with Crippen molar-refractivity contribution < 1.29 is 5.11 Å². The molecule has 0 saturated carbocycles. The van der Waals surface area contributed by atoms with Crippen molar-refractivity contribution >= 4 is 21.6 Å². The van der Waals surface area contributed by atoms with Crippen LogP contribution in [-0.2, 0) is 6.54 Å². The lowest BCUT2D eigenvalue weighted by Gasteiger charge is -2.39. The summed E-state index contributed by atoms with van der Waals surface area (Å²) in [7, 11) is 0. The van der Waals surface area contributed by atoms with E-state index in [2.05, 4.69) is 16.8 Å². The van der Waals surface area contributed by atoms with Crippen LogP contribution in [0.15, 0.2) is 22.6 Å². The Morgan fingerprint density at radius 3 is 3.10 bits per heavy atom. The number of piperidine rings is 1. The Balaban J connectivity index is 1.76. The van der Waals surface area contributed by atoms with Gasteiger partial charge in [-0.3, -0.25) is 14.3 Å². The molecule has 2 atom stereocenters. The summed E-state index contributed by atoms with van der Waals surface area (Å²) in [6.45, 7) is 3.80. The molecule has 1 fully saturated rings. The number of fused-ring (bicyclic) bond motifs is 1. The maximum Gasteiger partial charge on any atom is 0.271 e. The van der Waals surface area contributed by atoms with E-state index in [9.17, 15) is 9.90 Å². The third kappa shape index (κ3) is 2.88. The summed E-state index contributed by atoms with van der Waals surface area (Å²) in [6.07, 6.45) is 5.01. The van der Waals surface area contributed by atoms with Crippen LogP contribution >= 0.6 is 11.3 Å². The summed E-state index contributed by atoms with van der Waals surface area (Å²) in [5, 5.41) is 11.4. The zero-order chi connectivity index (χ0) is 14.8. The minimum Gasteiger partial charge on any atom is -0.395 e. The molecule has 0 amide bonds. The van der Waals surface area contributed by atoms with E-state index in [1.165, 1.54) is 17.8 Å². The predicted octanol–water partition coefficient (Wildman–Crippen LogP) is 1.69. The second-order valence-electron chi connectivity index (χ2n) is 5.73. The van der Waals surface area contributed by atoms with Crippen molar-refractivity contribution in [1.29, 1.82) is 0 Å². The van der Waals surface area contributed by atoms with Crippen LogP contribution in [0.1, 0.15) is 26.2 Å². The number of hydrogen-bond donors (Lipinski definition) is 1. The fraction of sp³-hybridized carbons (Fsp3) is 0.600. The lowest BCUT2D eigenvalue weighted by molar-refractivity contribution is 0.0487. The Labute approximate surface area is 127 Å². The summed E-state index contributed by atoms with van der Waals surface area (Å²) in [5.41, 5.74) is 0.820. The molecule has 114 valence electrons. The smallest absolute Gasteiger partial charge is 0.271 e. The van der Waals surface area contributed by atoms with Crippen LogP contribution in [0, 0.1) is 0 Å². The maximum atomic E-state index is 12.4. The monoisotopic (exact) mass is 307 g/mol. The molecule has 3 rings (SSSR count). The van der Waals surface area contributed by atoms with Gasteiger partial charge in [0.05, 0.1) is 18.5 Å². The highest BCUT2D eigenvalue weighted by Crippen LogP contribution is 2.22. The largest absolute Gasteiger partial charge is 0.395 e. The lowest BCUT2D eigenvalue weighted by atomic mass is 9.97. The summed E-state index contributed by atoms with van der Waals surface area (Å²) in [5.74, 6) is 0. The maximum absolute atomic E-state index is 12.4. The van der Waals surface area contributed by atoms with Gasteiger partial charge in [-0.15, -0.1) is 11.3 Å². The molecule has 0 radical (unpaired) electrons. The summed E-state index contributed by atoms with van der Waals surface area (Å²) >= 11 is 1.45. The number of aliphatic hydroxyl groups excluding tert-OH is 1. The predicted molar refractivity (Wildman–Crippen MR) is 84.8 cm³/mol. The van der Waals surface area contributed by atoms with E-state index < -0.39 is 0 Å². The molecule has 6 heteroatoms. The first-order valence-corrected chi connectivity index (χ1v) is 8.38. The highest BCUT2D eigenvalue weighted by atomic mass is 32.1. The molecule has 1 saturated heterocycles. The van der Waals surface area contributed by atoms with Crippen LogP contribution in [0.2, 0.25) is 0 Å². The topological polar surface area (TPSA) is 58.4 Å². The first-order valence-electron chi connectivity index (χ1n) is 7.50. The molecule has 2 aromatic rings. The van der Waals surface area contributed by atoms with Crippen LogP contribution in [0.3, 0.4) is 0 Å². The van der Waals surface area contributed by atoms with E-state index in [4.69, 9.17) is 0 Å². The van der Waals surface area contributed by atoms with Gasteiger partial charge in [0.25, 0.3) is 5.56 Å². The van der Waals surface area contributed by atoms with Crippen LogP contribution in [0.5, 0.6) is 0 Å². The fourth-order valence-electron chi connectivity index (χ4n) is 3.20. The van der Waals surface area contributed by atoms with Gasteiger partial charge in [0.15, 0.2) is 0 Å². The van der Waals surface area contributed by atoms with Gasteiger partial charge < -0.3 is 5.11 Å². The van der Waals surface area contributed by atoms with Crippen molar-refractivity contribution in [3.8, 4) is 0 Å². The van der Waals surface area contributed by atoms with E-state index >= 15 is 0 Å². The molecule has 0 aliphatic carbocycles. The van der Waals surface area contributed by atoms with Gasteiger partial charge in [0, 0.05) is 25.2 Å². The number of thiophene rings is 1. The Bertz CT molecular complexity index is 666. The van der Waals surface area contributed by atoms with Gasteiger partial charge in [-0.2, -0.15) is 0 Å². The van der Waals surface area contributed by atoms with Crippen molar-refractivity contribution in [2.45, 2.75) is 44.8 Å². The average molecular weight is 307 g/mol. The minimum atomic E-state index is 0.0419. The van der Waals surface area contributed by atoms with Gasteiger partial charge in [-0.1, -0.05) is 6.42 Å². The molecule has 0 spiro atoms. The molecule has 5 nitrogen and oxygen atoms in total. The van der Waals surface area contributed by atoms with Crippen molar-refractivity contribution in [1.82, 2.24) is 14.5 Å². The fourth-order valence-corrected chi connectivity index (χ4v) is 3.99. The third-order valence-electron chi connectivity index (χ3n) is 4.44. The van der Waals surface area contributed by atoms with Crippen LogP contribution in [0.4, 0.5) is 0 Å². The molecule has 1 aliphatic heterocycles. The van der Waals surface area contributed by atoms with Crippen LogP contribution in [-0.4, -0.2) is 44.8 Å². The number of aromatic nitrogens is 2. The summed E-state index contributed by atoms with van der Waals surface area (Å²) in [6, 6.07) is 2.56. The standard InChI is InChI=1S/C15H21N3O2S/c1-11-3-2-4-12(9-19)18(11)7-6-17-10-16-13-5-8-21-14(13)15(17)20/h5,8,10-12,19H,2-4,6-7,9H2,1H3. The van der Waals surface area contributed by atoms with Gasteiger partial charge in [-0.25, -0.2) is 4.98 Å². The van der Waals surface area contributed by atoms with Crippen molar-refractivity contribution in [3.63, 3.8) is 0 Å².